The normalized spacial score (nSPS) is 12.9. The number of methoxy groups -OCH3 is 2. The van der Waals surface area contributed by atoms with Crippen molar-refractivity contribution in [2.75, 3.05) is 54.5 Å². The van der Waals surface area contributed by atoms with E-state index in [4.69, 9.17) is 14.5 Å². The summed E-state index contributed by atoms with van der Waals surface area (Å²) in [5.74, 6) is 2.31. The SMILES string of the molecule is CCNC(=NCC(c1ccc(OC)c(OC)c1)N(C)C)NCCN(C(C)C)C(C)C.I. The van der Waals surface area contributed by atoms with E-state index in [2.05, 4.69) is 75.2 Å². The van der Waals surface area contributed by atoms with E-state index in [-0.39, 0.29) is 30.0 Å². The molecule has 0 heterocycles. The Kier molecular flexibility index (Phi) is 14.9. The minimum atomic E-state index is 0. The van der Waals surface area contributed by atoms with Crippen molar-refractivity contribution < 1.29 is 9.47 Å². The van der Waals surface area contributed by atoms with Crippen molar-refractivity contribution in [2.24, 2.45) is 4.99 Å². The van der Waals surface area contributed by atoms with E-state index in [1.54, 1.807) is 14.2 Å². The molecule has 1 unspecified atom stereocenters. The van der Waals surface area contributed by atoms with Crippen LogP contribution in [0.5, 0.6) is 11.5 Å². The zero-order chi connectivity index (χ0) is 22.7. The van der Waals surface area contributed by atoms with Crippen LogP contribution in [0.25, 0.3) is 0 Å². The van der Waals surface area contributed by atoms with E-state index in [0.29, 0.717) is 18.6 Å². The van der Waals surface area contributed by atoms with Gasteiger partial charge in [-0.2, -0.15) is 0 Å². The number of hydrogen-bond donors (Lipinski definition) is 2. The fourth-order valence-electron chi connectivity index (χ4n) is 3.56. The molecular formula is C23H44IN5O2. The third kappa shape index (κ3) is 9.82. The monoisotopic (exact) mass is 549 g/mol. The van der Waals surface area contributed by atoms with Gasteiger partial charge in [0, 0.05) is 31.7 Å². The van der Waals surface area contributed by atoms with Gasteiger partial charge in [0.1, 0.15) is 0 Å². The molecule has 0 aromatic heterocycles. The van der Waals surface area contributed by atoms with Gasteiger partial charge in [0.05, 0.1) is 26.8 Å². The van der Waals surface area contributed by atoms with Crippen LogP contribution >= 0.6 is 24.0 Å². The van der Waals surface area contributed by atoms with Crippen molar-refractivity contribution >= 4 is 29.9 Å². The summed E-state index contributed by atoms with van der Waals surface area (Å²) in [6.07, 6.45) is 0. The molecule has 180 valence electrons. The first kappa shape index (κ1) is 29.7. The van der Waals surface area contributed by atoms with E-state index >= 15 is 0 Å². The van der Waals surface area contributed by atoms with E-state index in [1.165, 1.54) is 0 Å². The number of benzene rings is 1. The summed E-state index contributed by atoms with van der Waals surface area (Å²) >= 11 is 0. The number of halogens is 1. The van der Waals surface area contributed by atoms with Crippen LogP contribution in [-0.2, 0) is 0 Å². The van der Waals surface area contributed by atoms with Gasteiger partial charge in [0.25, 0.3) is 0 Å². The van der Waals surface area contributed by atoms with Crippen LogP contribution in [0.15, 0.2) is 23.2 Å². The number of nitrogens with zero attached hydrogens (tertiary/aromatic N) is 3. The van der Waals surface area contributed by atoms with Crippen molar-refractivity contribution in [3.8, 4) is 11.5 Å². The Labute approximate surface area is 207 Å². The first-order valence-electron chi connectivity index (χ1n) is 10.9. The van der Waals surface area contributed by atoms with E-state index < -0.39 is 0 Å². The van der Waals surface area contributed by atoms with Crippen LogP contribution in [0.1, 0.15) is 46.2 Å². The second-order valence-corrected chi connectivity index (χ2v) is 8.17. The zero-order valence-electron chi connectivity index (χ0n) is 20.9. The van der Waals surface area contributed by atoms with Gasteiger partial charge in [-0.1, -0.05) is 6.07 Å². The predicted octanol–water partition coefficient (Wildman–Crippen LogP) is 3.60. The highest BCUT2D eigenvalue weighted by molar-refractivity contribution is 14.0. The van der Waals surface area contributed by atoms with Crippen molar-refractivity contribution in [3.05, 3.63) is 23.8 Å². The third-order valence-electron chi connectivity index (χ3n) is 5.17. The molecule has 0 amide bonds. The number of likely N-dealkylation sites (N-methyl/N-ethyl adjacent to an activating group) is 1. The average Bonchev–Trinajstić information content (AvgIpc) is 2.69. The van der Waals surface area contributed by atoms with Crippen molar-refractivity contribution in [1.29, 1.82) is 0 Å². The smallest absolute Gasteiger partial charge is 0.191 e. The molecule has 1 atom stereocenters. The maximum Gasteiger partial charge on any atom is 0.191 e. The maximum atomic E-state index is 5.48. The fraction of sp³-hybridized carbons (Fsp3) is 0.696. The van der Waals surface area contributed by atoms with Crippen LogP contribution in [0.4, 0.5) is 0 Å². The van der Waals surface area contributed by atoms with E-state index in [0.717, 1.165) is 42.7 Å². The topological polar surface area (TPSA) is 61.4 Å². The summed E-state index contributed by atoms with van der Waals surface area (Å²) in [5, 5.41) is 6.84. The number of nitrogens with one attached hydrogen (secondary N) is 2. The highest BCUT2D eigenvalue weighted by Crippen LogP contribution is 2.31. The van der Waals surface area contributed by atoms with Gasteiger partial charge in [0.15, 0.2) is 17.5 Å². The number of aliphatic imine (C=N–C) groups is 1. The summed E-state index contributed by atoms with van der Waals surface area (Å²) in [7, 11) is 7.45. The summed E-state index contributed by atoms with van der Waals surface area (Å²) < 4.78 is 10.8. The molecule has 0 fully saturated rings. The molecule has 0 bridgehead atoms. The molecule has 1 aromatic carbocycles. The Morgan fingerprint density at radius 2 is 1.61 bits per heavy atom. The molecule has 0 aliphatic heterocycles. The lowest BCUT2D eigenvalue weighted by molar-refractivity contribution is 0.178. The minimum Gasteiger partial charge on any atom is -0.493 e. The molecule has 0 radical (unpaired) electrons. The molecule has 0 spiro atoms. The Bertz CT molecular complexity index is 645. The number of ether oxygens (including phenoxy) is 2. The Hall–Kier alpha value is -1.26. The predicted molar refractivity (Wildman–Crippen MR) is 142 cm³/mol. The quantitative estimate of drug-likeness (QED) is 0.236. The van der Waals surface area contributed by atoms with Gasteiger partial charge in [-0.05, 0) is 66.4 Å². The molecule has 31 heavy (non-hydrogen) atoms. The highest BCUT2D eigenvalue weighted by atomic mass is 127. The fourth-order valence-corrected chi connectivity index (χ4v) is 3.56. The summed E-state index contributed by atoms with van der Waals surface area (Å²) in [6, 6.07) is 7.23. The van der Waals surface area contributed by atoms with Gasteiger partial charge in [-0.3, -0.25) is 9.89 Å². The summed E-state index contributed by atoms with van der Waals surface area (Å²) in [6.45, 7) is 14.3. The van der Waals surface area contributed by atoms with Crippen LogP contribution in [-0.4, -0.2) is 82.3 Å². The van der Waals surface area contributed by atoms with Crippen molar-refractivity contribution in [1.82, 2.24) is 20.4 Å². The number of guanidine groups is 1. The highest BCUT2D eigenvalue weighted by Gasteiger charge is 2.17. The molecule has 7 nitrogen and oxygen atoms in total. The molecule has 8 heteroatoms. The molecule has 0 saturated heterocycles. The zero-order valence-corrected chi connectivity index (χ0v) is 23.2. The van der Waals surface area contributed by atoms with Crippen LogP contribution in [0.2, 0.25) is 0 Å². The van der Waals surface area contributed by atoms with Gasteiger partial charge >= 0.3 is 0 Å². The lowest BCUT2D eigenvalue weighted by Crippen LogP contribution is -2.45. The van der Waals surface area contributed by atoms with Gasteiger partial charge < -0.3 is 25.0 Å². The first-order chi connectivity index (χ1) is 14.2. The molecule has 1 aromatic rings. The van der Waals surface area contributed by atoms with Gasteiger partial charge in [-0.15, -0.1) is 24.0 Å². The minimum absolute atomic E-state index is 0. The maximum absolute atomic E-state index is 5.48. The third-order valence-corrected chi connectivity index (χ3v) is 5.17. The lowest BCUT2D eigenvalue weighted by atomic mass is 10.1. The van der Waals surface area contributed by atoms with E-state index in [9.17, 15) is 0 Å². The second kappa shape index (κ2) is 15.5. The van der Waals surface area contributed by atoms with Crippen molar-refractivity contribution in [2.45, 2.75) is 52.7 Å². The standard InChI is InChI=1S/C23H43N5O2.HI/c1-10-24-23(25-13-14-28(17(2)3)18(4)5)26-16-20(27(6)7)19-11-12-21(29-8)22(15-19)30-9;/h11-12,15,17-18,20H,10,13-14,16H2,1-9H3,(H2,24,25,26);1H. The first-order valence-corrected chi connectivity index (χ1v) is 10.9. The van der Waals surface area contributed by atoms with Gasteiger partial charge in [-0.25, -0.2) is 0 Å². The molecule has 0 aliphatic rings. The molecular weight excluding hydrogens is 505 g/mol. The Balaban J connectivity index is 0.00000900. The van der Waals surface area contributed by atoms with Crippen LogP contribution in [0.3, 0.4) is 0 Å². The van der Waals surface area contributed by atoms with Crippen LogP contribution < -0.4 is 20.1 Å². The summed E-state index contributed by atoms with van der Waals surface area (Å²) in [4.78, 5) is 9.51. The lowest BCUT2D eigenvalue weighted by Gasteiger charge is -2.30. The summed E-state index contributed by atoms with van der Waals surface area (Å²) in [5.41, 5.74) is 1.14. The molecule has 2 N–H and O–H groups in total. The van der Waals surface area contributed by atoms with Crippen molar-refractivity contribution in [3.63, 3.8) is 0 Å². The Morgan fingerprint density at radius 1 is 1.00 bits per heavy atom. The molecule has 0 saturated carbocycles. The largest absolute Gasteiger partial charge is 0.493 e. The number of hydrogen-bond acceptors (Lipinski definition) is 5. The van der Waals surface area contributed by atoms with Gasteiger partial charge in [0.2, 0.25) is 0 Å². The molecule has 0 aliphatic carbocycles. The Morgan fingerprint density at radius 3 is 2.10 bits per heavy atom. The van der Waals surface area contributed by atoms with E-state index in [1.807, 2.05) is 12.1 Å². The second-order valence-electron chi connectivity index (χ2n) is 8.17. The van der Waals surface area contributed by atoms with Crippen LogP contribution in [0, 0.1) is 0 Å². The average molecular weight is 550 g/mol. The number of rotatable bonds is 12. The molecule has 1 rings (SSSR count).